The minimum Gasteiger partial charge on any atom is -0.491 e. The van der Waals surface area contributed by atoms with Crippen LogP contribution in [0, 0.1) is 18.6 Å². The molecule has 0 spiro atoms. The van der Waals surface area contributed by atoms with Gasteiger partial charge in [-0.15, -0.1) is 0 Å². The van der Waals surface area contributed by atoms with Crippen LogP contribution in [0.3, 0.4) is 0 Å². The van der Waals surface area contributed by atoms with E-state index in [-0.39, 0.29) is 57.5 Å². The highest BCUT2D eigenvalue weighted by Crippen LogP contribution is 2.37. The van der Waals surface area contributed by atoms with Gasteiger partial charge in [-0.05, 0) is 37.6 Å². The first-order valence-corrected chi connectivity index (χ1v) is 13.4. The predicted molar refractivity (Wildman–Crippen MR) is 160 cm³/mol. The van der Waals surface area contributed by atoms with Gasteiger partial charge in [-0.1, -0.05) is 6.08 Å². The Morgan fingerprint density at radius 2 is 1.68 bits per heavy atom. The number of aryl methyl sites for hydroxylation is 1. The van der Waals surface area contributed by atoms with Crippen LogP contribution < -0.4 is 29.2 Å². The van der Waals surface area contributed by atoms with Crippen molar-refractivity contribution in [1.82, 2.24) is 15.0 Å². The Morgan fingerprint density at radius 3 is 2.28 bits per heavy atom. The molecule has 11 nitrogen and oxygen atoms in total. The minimum absolute atomic E-state index is 0.00290. The zero-order valence-electron chi connectivity index (χ0n) is 25.4. The number of pyridine rings is 3. The van der Waals surface area contributed by atoms with Gasteiger partial charge in [-0.25, -0.2) is 18.7 Å². The van der Waals surface area contributed by atoms with E-state index in [4.69, 9.17) is 18.9 Å². The average molecular weight is 660 g/mol. The van der Waals surface area contributed by atoms with Crippen molar-refractivity contribution in [2.75, 3.05) is 31.5 Å². The van der Waals surface area contributed by atoms with Gasteiger partial charge in [0.25, 0.3) is 11.8 Å². The molecule has 0 aliphatic heterocycles. The van der Waals surface area contributed by atoms with Crippen LogP contribution in [0.2, 0.25) is 0 Å². The number of benzene rings is 1. The summed E-state index contributed by atoms with van der Waals surface area (Å²) in [6.45, 7) is 2.68. The van der Waals surface area contributed by atoms with Crippen LogP contribution in [-0.2, 0) is 9.59 Å². The number of carbonyl (C=O) groups excluding carboxylic acids is 2. The molecule has 0 aliphatic carbocycles. The largest absolute Gasteiger partial charge is 0.491 e. The summed E-state index contributed by atoms with van der Waals surface area (Å²) in [7, 11) is 4.02. The summed E-state index contributed by atoms with van der Waals surface area (Å²) in [5.41, 5.74) is -1.52. The van der Waals surface area contributed by atoms with Gasteiger partial charge in [-0.3, -0.25) is 19.5 Å². The fraction of sp³-hybridized carbons (Fsp3) is 0.194. The van der Waals surface area contributed by atoms with E-state index in [1.165, 1.54) is 53.4 Å². The molecule has 0 saturated carbocycles. The van der Waals surface area contributed by atoms with E-state index in [0.717, 1.165) is 30.6 Å². The zero-order chi connectivity index (χ0) is 34.5. The van der Waals surface area contributed by atoms with Gasteiger partial charge in [0, 0.05) is 29.5 Å². The Labute approximate surface area is 264 Å². The summed E-state index contributed by atoms with van der Waals surface area (Å²) >= 11 is 0. The number of halogens is 5. The van der Waals surface area contributed by atoms with E-state index in [2.05, 4.69) is 20.3 Å². The maximum Gasteiger partial charge on any atom is 0.431 e. The molecule has 3 heterocycles. The van der Waals surface area contributed by atoms with Crippen molar-refractivity contribution in [1.29, 1.82) is 0 Å². The highest BCUT2D eigenvalue weighted by molar-refractivity contribution is 6.03. The Kier molecular flexibility index (Phi) is 10.2. The van der Waals surface area contributed by atoms with Crippen LogP contribution in [0.25, 0.3) is 11.0 Å². The van der Waals surface area contributed by atoms with Crippen molar-refractivity contribution in [2.24, 2.45) is 0 Å². The number of aromatic nitrogens is 3. The standard InChI is InChI=1S/C31H26F5N5O6/c1-16(6-9-25(31(34,35)36)41(15-42)22-14-38-26(45-4)10-17(22)2)29(43)39-18-7-8-23(19(32)11-18)47-28-20(33)13-37-21-12-24(44-3)30(46-5)40-27(21)28/h6-15H,1-5H3,(H,39,43)/b16-6+,25-9-. The number of hydrogen-bond donors (Lipinski definition) is 1. The lowest BCUT2D eigenvalue weighted by Gasteiger charge is -2.24. The maximum absolute atomic E-state index is 15.1. The number of anilines is 2. The molecule has 1 N–H and O–H groups in total. The van der Waals surface area contributed by atoms with Gasteiger partial charge >= 0.3 is 6.18 Å². The lowest BCUT2D eigenvalue weighted by atomic mass is 10.2. The molecule has 0 atom stereocenters. The number of fused-ring (bicyclic) bond motifs is 1. The Hall–Kier alpha value is -5.80. The molecular formula is C31H26F5N5O6. The summed E-state index contributed by atoms with van der Waals surface area (Å²) in [5, 5.41) is 2.35. The second kappa shape index (κ2) is 14.1. The lowest BCUT2D eigenvalue weighted by Crippen LogP contribution is -2.31. The third-order valence-corrected chi connectivity index (χ3v) is 6.53. The molecule has 0 unspecified atom stereocenters. The third kappa shape index (κ3) is 7.54. The van der Waals surface area contributed by atoms with Gasteiger partial charge in [-0.2, -0.15) is 13.2 Å². The molecule has 16 heteroatoms. The first kappa shape index (κ1) is 34.1. The highest BCUT2D eigenvalue weighted by Gasteiger charge is 2.38. The Morgan fingerprint density at radius 1 is 0.936 bits per heavy atom. The molecule has 47 heavy (non-hydrogen) atoms. The second-order valence-corrected chi connectivity index (χ2v) is 9.59. The van der Waals surface area contributed by atoms with E-state index in [1.807, 2.05) is 0 Å². The number of carbonyl (C=O) groups is 2. The van der Waals surface area contributed by atoms with Crippen molar-refractivity contribution in [2.45, 2.75) is 20.0 Å². The fourth-order valence-electron chi connectivity index (χ4n) is 4.14. The summed E-state index contributed by atoms with van der Waals surface area (Å²) in [6.07, 6.45) is -1.74. The molecule has 0 aliphatic rings. The monoisotopic (exact) mass is 659 g/mol. The summed E-state index contributed by atoms with van der Waals surface area (Å²) in [4.78, 5) is 36.8. The van der Waals surface area contributed by atoms with Crippen LogP contribution in [-0.4, -0.2) is 54.8 Å². The van der Waals surface area contributed by atoms with Gasteiger partial charge in [0.1, 0.15) is 11.2 Å². The molecule has 0 fully saturated rings. The smallest absolute Gasteiger partial charge is 0.431 e. The van der Waals surface area contributed by atoms with Crippen molar-refractivity contribution in [3.05, 3.63) is 83.3 Å². The van der Waals surface area contributed by atoms with Crippen LogP contribution >= 0.6 is 0 Å². The molecule has 0 bridgehead atoms. The average Bonchev–Trinajstić information content (AvgIpc) is 3.04. The van der Waals surface area contributed by atoms with E-state index in [0.29, 0.717) is 11.0 Å². The number of ether oxygens (including phenoxy) is 4. The van der Waals surface area contributed by atoms with E-state index < -0.39 is 40.9 Å². The maximum atomic E-state index is 15.1. The lowest BCUT2D eigenvalue weighted by molar-refractivity contribution is -0.112. The molecule has 0 radical (unpaired) electrons. The van der Waals surface area contributed by atoms with Crippen molar-refractivity contribution in [3.8, 4) is 29.0 Å². The topological polar surface area (TPSA) is 125 Å². The summed E-state index contributed by atoms with van der Waals surface area (Å²) < 4.78 is 92.5. The molecule has 0 saturated heterocycles. The number of amides is 2. The third-order valence-electron chi connectivity index (χ3n) is 6.53. The van der Waals surface area contributed by atoms with E-state index >= 15 is 4.39 Å². The zero-order valence-corrected chi connectivity index (χ0v) is 25.4. The molecule has 2 amide bonds. The normalized spacial score (nSPS) is 12.0. The van der Waals surface area contributed by atoms with E-state index in [9.17, 15) is 27.2 Å². The number of methoxy groups -OCH3 is 3. The number of hydrogen-bond acceptors (Lipinski definition) is 9. The number of allylic oxidation sites excluding steroid dienone is 3. The molecular weight excluding hydrogens is 633 g/mol. The Bertz CT molecular complexity index is 1900. The SMILES string of the molecule is COc1cc(C)c(N(C=O)/C(=C\C=C(/C)C(=O)Nc2ccc(Oc3c(F)cnc4cc(OC)c(OC)nc34)c(F)c2)C(F)(F)F)cn1. The van der Waals surface area contributed by atoms with Gasteiger partial charge in [0.05, 0.1) is 44.9 Å². The molecule has 3 aromatic heterocycles. The fourth-order valence-corrected chi connectivity index (χ4v) is 4.14. The number of nitrogens with zero attached hydrogens (tertiary/aromatic N) is 4. The quantitative estimate of drug-likeness (QED) is 0.0840. The minimum atomic E-state index is -5.01. The first-order chi connectivity index (χ1) is 22.3. The van der Waals surface area contributed by atoms with Gasteiger partial charge in [0.2, 0.25) is 12.3 Å². The van der Waals surface area contributed by atoms with Crippen molar-refractivity contribution < 1.29 is 50.5 Å². The summed E-state index contributed by atoms with van der Waals surface area (Å²) in [5.74, 6) is -3.39. The number of nitrogens with one attached hydrogen (secondary N) is 1. The molecule has 246 valence electrons. The molecule has 4 aromatic rings. The number of rotatable bonds is 11. The van der Waals surface area contributed by atoms with Crippen LogP contribution in [0.5, 0.6) is 29.0 Å². The number of alkyl halides is 3. The van der Waals surface area contributed by atoms with Crippen molar-refractivity contribution in [3.63, 3.8) is 0 Å². The van der Waals surface area contributed by atoms with Crippen LogP contribution in [0.4, 0.5) is 33.3 Å². The van der Waals surface area contributed by atoms with Crippen LogP contribution in [0.15, 0.2) is 66.1 Å². The van der Waals surface area contributed by atoms with Crippen molar-refractivity contribution >= 4 is 34.7 Å². The first-order valence-electron chi connectivity index (χ1n) is 13.4. The van der Waals surface area contributed by atoms with Gasteiger partial charge in [0.15, 0.2) is 28.9 Å². The Balaban J connectivity index is 1.57. The predicted octanol–water partition coefficient (Wildman–Crippen LogP) is 6.42. The van der Waals surface area contributed by atoms with Crippen LogP contribution in [0.1, 0.15) is 12.5 Å². The highest BCUT2D eigenvalue weighted by atomic mass is 19.4. The molecule has 4 rings (SSSR count). The molecule has 1 aromatic carbocycles. The second-order valence-electron chi connectivity index (χ2n) is 9.59. The van der Waals surface area contributed by atoms with E-state index in [1.54, 1.807) is 0 Å². The van der Waals surface area contributed by atoms with Gasteiger partial charge < -0.3 is 24.3 Å². The summed E-state index contributed by atoms with van der Waals surface area (Å²) in [6, 6.07) is 5.98.